The molecule has 0 aliphatic rings. The summed E-state index contributed by atoms with van der Waals surface area (Å²) in [6.07, 6.45) is -0.968. The van der Waals surface area contributed by atoms with Gasteiger partial charge in [-0.15, -0.1) is 0 Å². The Bertz CT molecular complexity index is 991. The molecule has 7 nitrogen and oxygen atoms in total. The summed E-state index contributed by atoms with van der Waals surface area (Å²) in [5.74, 6) is -1.38. The predicted octanol–water partition coefficient (Wildman–Crippen LogP) is 2.33. The third-order valence-corrected chi connectivity index (χ3v) is 4.65. The summed E-state index contributed by atoms with van der Waals surface area (Å²) in [5, 5.41) is 9.10. The second-order valence-electron chi connectivity index (χ2n) is 6.00. The first kappa shape index (κ1) is 20.4. The summed E-state index contributed by atoms with van der Waals surface area (Å²) >= 11 is 3.29. The molecule has 0 saturated heterocycles. The molecule has 0 spiro atoms. The van der Waals surface area contributed by atoms with Crippen molar-refractivity contribution >= 4 is 27.8 Å². The minimum atomic E-state index is -1.19. The van der Waals surface area contributed by atoms with Gasteiger partial charge in [0.1, 0.15) is 11.6 Å². The number of nitrogens with two attached hydrogens (primary N) is 1. The van der Waals surface area contributed by atoms with Gasteiger partial charge in [-0.1, -0.05) is 28.1 Å². The fourth-order valence-electron chi connectivity index (χ4n) is 2.80. The highest BCUT2D eigenvalue weighted by Gasteiger charge is 2.23. The number of nitriles is 1. The summed E-state index contributed by atoms with van der Waals surface area (Å²) in [6.45, 7) is 3.36. The van der Waals surface area contributed by atoms with E-state index in [1.165, 1.54) is 0 Å². The second-order valence-corrected chi connectivity index (χ2v) is 6.91. The number of aryl methyl sites for hydroxylation is 1. The third kappa shape index (κ3) is 4.83. The Hall–Kier alpha value is -2.92. The van der Waals surface area contributed by atoms with Gasteiger partial charge >= 0.3 is 5.97 Å². The van der Waals surface area contributed by atoms with Gasteiger partial charge in [0.2, 0.25) is 6.10 Å². The number of primary amides is 1. The monoisotopic (exact) mass is 431 g/mol. The van der Waals surface area contributed by atoms with Crippen LogP contribution in [0.5, 0.6) is 0 Å². The highest BCUT2D eigenvalue weighted by Crippen LogP contribution is 2.22. The SMILES string of the molecule is Cc1[nH]c(=O)c(C#N)c(C)c1CCC(=O)OC(C(N)=O)c1cccc(Br)c1. The fourth-order valence-corrected chi connectivity index (χ4v) is 3.21. The maximum Gasteiger partial charge on any atom is 0.307 e. The van der Waals surface area contributed by atoms with E-state index in [4.69, 9.17) is 15.7 Å². The van der Waals surface area contributed by atoms with Gasteiger partial charge in [0.25, 0.3) is 11.5 Å². The van der Waals surface area contributed by atoms with E-state index in [9.17, 15) is 14.4 Å². The number of aromatic amines is 1. The lowest BCUT2D eigenvalue weighted by Gasteiger charge is -2.16. The molecule has 0 aliphatic heterocycles. The molecule has 1 heterocycles. The van der Waals surface area contributed by atoms with Crippen LogP contribution >= 0.6 is 15.9 Å². The van der Waals surface area contributed by atoms with Crippen molar-refractivity contribution in [2.24, 2.45) is 5.73 Å². The molecular formula is C19H18BrN3O4. The van der Waals surface area contributed by atoms with Crippen LogP contribution in [-0.2, 0) is 20.7 Å². The number of aromatic nitrogens is 1. The molecule has 140 valence electrons. The van der Waals surface area contributed by atoms with Crippen LogP contribution in [0.2, 0.25) is 0 Å². The van der Waals surface area contributed by atoms with Gasteiger partial charge in [-0.25, -0.2) is 0 Å². The number of nitrogens with zero attached hydrogens (tertiary/aromatic N) is 1. The Morgan fingerprint density at radius 3 is 2.67 bits per heavy atom. The van der Waals surface area contributed by atoms with E-state index in [1.807, 2.05) is 6.07 Å². The van der Waals surface area contributed by atoms with Gasteiger partial charge in [0.15, 0.2) is 0 Å². The van der Waals surface area contributed by atoms with Crippen LogP contribution in [0.1, 0.15) is 40.5 Å². The quantitative estimate of drug-likeness (QED) is 0.678. The van der Waals surface area contributed by atoms with Gasteiger partial charge in [-0.3, -0.25) is 14.4 Å². The number of hydrogen-bond acceptors (Lipinski definition) is 5. The molecule has 1 unspecified atom stereocenters. The van der Waals surface area contributed by atoms with E-state index in [-0.39, 0.29) is 18.4 Å². The number of pyridine rings is 1. The minimum absolute atomic E-state index is 0.0214. The molecule has 2 aromatic rings. The van der Waals surface area contributed by atoms with Crippen LogP contribution in [0.3, 0.4) is 0 Å². The largest absolute Gasteiger partial charge is 0.447 e. The zero-order valence-electron chi connectivity index (χ0n) is 14.8. The number of nitrogens with one attached hydrogen (secondary N) is 1. The molecule has 2 rings (SSSR count). The van der Waals surface area contributed by atoms with E-state index in [0.29, 0.717) is 22.4 Å². The van der Waals surface area contributed by atoms with Crippen molar-refractivity contribution in [3.8, 4) is 6.07 Å². The van der Waals surface area contributed by atoms with Crippen molar-refractivity contribution in [1.29, 1.82) is 5.26 Å². The summed E-state index contributed by atoms with van der Waals surface area (Å²) in [5.41, 5.74) is 7.21. The number of ether oxygens (including phenoxy) is 1. The van der Waals surface area contributed by atoms with Crippen molar-refractivity contribution in [1.82, 2.24) is 4.98 Å². The first-order valence-corrected chi connectivity index (χ1v) is 8.90. The molecule has 8 heteroatoms. The maximum atomic E-state index is 12.3. The van der Waals surface area contributed by atoms with E-state index in [1.54, 1.807) is 38.1 Å². The smallest absolute Gasteiger partial charge is 0.307 e. The van der Waals surface area contributed by atoms with Crippen molar-refractivity contribution in [3.05, 3.63) is 67.0 Å². The zero-order valence-corrected chi connectivity index (χ0v) is 16.4. The first-order chi connectivity index (χ1) is 12.7. The number of esters is 1. The number of H-pyrrole nitrogens is 1. The first-order valence-electron chi connectivity index (χ1n) is 8.11. The zero-order chi connectivity index (χ0) is 20.1. The lowest BCUT2D eigenvalue weighted by Crippen LogP contribution is -2.26. The van der Waals surface area contributed by atoms with Crippen LogP contribution in [0, 0.1) is 25.2 Å². The van der Waals surface area contributed by atoms with Crippen LogP contribution in [0.15, 0.2) is 33.5 Å². The summed E-state index contributed by atoms with van der Waals surface area (Å²) < 4.78 is 5.99. The normalized spacial score (nSPS) is 11.5. The van der Waals surface area contributed by atoms with E-state index < -0.39 is 23.5 Å². The van der Waals surface area contributed by atoms with E-state index >= 15 is 0 Å². The molecule has 0 radical (unpaired) electrons. The Morgan fingerprint density at radius 1 is 1.37 bits per heavy atom. The number of halogens is 1. The number of carbonyl (C=O) groups is 2. The molecule has 1 aromatic heterocycles. The molecule has 3 N–H and O–H groups in total. The van der Waals surface area contributed by atoms with Gasteiger partial charge in [0.05, 0.1) is 0 Å². The van der Waals surface area contributed by atoms with Crippen LogP contribution in [0.4, 0.5) is 0 Å². The van der Waals surface area contributed by atoms with Crippen LogP contribution in [0.25, 0.3) is 0 Å². The van der Waals surface area contributed by atoms with Crippen molar-refractivity contribution in [2.45, 2.75) is 32.8 Å². The van der Waals surface area contributed by atoms with E-state index in [2.05, 4.69) is 20.9 Å². The second kappa shape index (κ2) is 8.64. The van der Waals surface area contributed by atoms with Gasteiger partial charge in [0, 0.05) is 22.2 Å². The molecule has 1 amide bonds. The summed E-state index contributed by atoms with van der Waals surface area (Å²) in [6, 6.07) is 8.64. The Morgan fingerprint density at radius 2 is 2.07 bits per heavy atom. The van der Waals surface area contributed by atoms with Crippen molar-refractivity contribution in [2.75, 3.05) is 0 Å². The number of rotatable bonds is 6. The molecule has 0 bridgehead atoms. The predicted molar refractivity (Wildman–Crippen MR) is 102 cm³/mol. The molecule has 27 heavy (non-hydrogen) atoms. The number of amides is 1. The molecule has 0 fully saturated rings. The highest BCUT2D eigenvalue weighted by atomic mass is 79.9. The number of carbonyl (C=O) groups excluding carboxylic acids is 2. The fraction of sp³-hybridized carbons (Fsp3) is 0.263. The summed E-state index contributed by atoms with van der Waals surface area (Å²) in [4.78, 5) is 38.3. The van der Waals surface area contributed by atoms with E-state index in [0.717, 1.165) is 4.47 Å². The molecule has 0 saturated carbocycles. The number of hydrogen-bond donors (Lipinski definition) is 2. The Kier molecular flexibility index (Phi) is 6.53. The van der Waals surface area contributed by atoms with Crippen molar-refractivity contribution in [3.63, 3.8) is 0 Å². The lowest BCUT2D eigenvalue weighted by atomic mass is 9.99. The average Bonchev–Trinajstić information content (AvgIpc) is 2.59. The highest BCUT2D eigenvalue weighted by molar-refractivity contribution is 9.10. The topological polar surface area (TPSA) is 126 Å². The Balaban J connectivity index is 2.15. The average molecular weight is 432 g/mol. The van der Waals surface area contributed by atoms with Gasteiger partial charge in [-0.05, 0) is 43.5 Å². The molecular weight excluding hydrogens is 414 g/mol. The molecule has 1 atom stereocenters. The van der Waals surface area contributed by atoms with Gasteiger partial charge in [-0.2, -0.15) is 5.26 Å². The van der Waals surface area contributed by atoms with Crippen molar-refractivity contribution < 1.29 is 14.3 Å². The molecule has 0 aliphatic carbocycles. The standard InChI is InChI=1S/C19H18BrN3O4/c1-10-14(11(2)23-19(26)15(10)9-21)6-7-16(24)27-17(18(22)25)12-4-3-5-13(20)8-12/h3-5,8,17H,6-7H2,1-2H3,(H2,22,25)(H,23,26). The molecule has 1 aromatic carbocycles. The van der Waals surface area contributed by atoms with Crippen LogP contribution < -0.4 is 11.3 Å². The lowest BCUT2D eigenvalue weighted by molar-refractivity contribution is -0.155. The van der Waals surface area contributed by atoms with Gasteiger partial charge < -0.3 is 15.5 Å². The summed E-state index contributed by atoms with van der Waals surface area (Å²) in [7, 11) is 0. The van der Waals surface area contributed by atoms with Crippen LogP contribution in [-0.4, -0.2) is 16.9 Å². The third-order valence-electron chi connectivity index (χ3n) is 4.16. The minimum Gasteiger partial charge on any atom is -0.447 e. The Labute approximate surface area is 164 Å². The number of benzene rings is 1. The maximum absolute atomic E-state index is 12.3.